The van der Waals surface area contributed by atoms with Gasteiger partial charge in [-0.2, -0.15) is 0 Å². The predicted molar refractivity (Wildman–Crippen MR) is 352 cm³/mol. The van der Waals surface area contributed by atoms with E-state index in [0.717, 1.165) is 44.9 Å². The van der Waals surface area contributed by atoms with Gasteiger partial charge in [-0.15, -0.1) is 0 Å². The van der Waals surface area contributed by atoms with Gasteiger partial charge in [0.1, 0.15) is 0 Å². The van der Waals surface area contributed by atoms with E-state index in [2.05, 4.69) is 43.5 Å². The first-order valence-corrected chi connectivity index (χ1v) is 36.3. The monoisotopic (exact) mass is 1120 g/mol. The van der Waals surface area contributed by atoms with Gasteiger partial charge in [-0.3, -0.25) is 9.59 Å². The minimum Gasteiger partial charge on any atom is -0.466 e. The number of nitrogens with one attached hydrogen (secondary N) is 1. The van der Waals surface area contributed by atoms with Crippen LogP contribution >= 0.6 is 0 Å². The SMILES string of the molecule is CCCCCCCCCCCC/C=C/C(O)C(CO)NC(=O)CCCCCCCCCCCCCCCCCCC/C=C\C/C=C\CCCCCCCCCCCCCCCCCOC(=O)CCCCCCCCCCCCCC. The van der Waals surface area contributed by atoms with Crippen LogP contribution in [0.15, 0.2) is 36.5 Å². The second-order valence-corrected chi connectivity index (χ2v) is 24.9. The molecule has 0 heterocycles. The number of carbonyl (C=O) groups excluding carboxylic acids is 2. The number of carbonyl (C=O) groups is 2. The highest BCUT2D eigenvalue weighted by atomic mass is 16.5. The maximum atomic E-state index is 12.5. The van der Waals surface area contributed by atoms with Crippen LogP contribution in [0.3, 0.4) is 0 Å². The van der Waals surface area contributed by atoms with Gasteiger partial charge >= 0.3 is 5.97 Å². The van der Waals surface area contributed by atoms with Gasteiger partial charge in [-0.1, -0.05) is 359 Å². The Labute approximate surface area is 500 Å². The Balaban J connectivity index is 3.35. The molecular formula is C74H141NO5. The van der Waals surface area contributed by atoms with E-state index in [1.165, 1.54) is 327 Å². The van der Waals surface area contributed by atoms with Crippen molar-refractivity contribution in [3.8, 4) is 0 Å². The molecule has 0 aliphatic carbocycles. The number of esters is 1. The molecule has 0 fully saturated rings. The molecule has 1 amide bonds. The van der Waals surface area contributed by atoms with Crippen molar-refractivity contribution in [2.75, 3.05) is 13.2 Å². The number of allylic oxidation sites excluding steroid dienone is 5. The molecule has 0 spiro atoms. The minimum absolute atomic E-state index is 0.0211. The summed E-state index contributed by atoms with van der Waals surface area (Å²) in [5, 5.41) is 23.1. The van der Waals surface area contributed by atoms with Gasteiger partial charge in [-0.25, -0.2) is 0 Å². The number of hydrogen-bond donors (Lipinski definition) is 3. The third-order valence-electron chi connectivity index (χ3n) is 16.9. The Hall–Kier alpha value is -1.92. The lowest BCUT2D eigenvalue weighted by Gasteiger charge is -2.20. The van der Waals surface area contributed by atoms with Crippen LogP contribution in [0.4, 0.5) is 0 Å². The summed E-state index contributed by atoms with van der Waals surface area (Å²) in [7, 11) is 0. The number of rotatable bonds is 68. The second-order valence-electron chi connectivity index (χ2n) is 24.9. The van der Waals surface area contributed by atoms with Crippen molar-refractivity contribution >= 4 is 11.9 Å². The fourth-order valence-electron chi connectivity index (χ4n) is 11.4. The highest BCUT2D eigenvalue weighted by Crippen LogP contribution is 2.19. The summed E-state index contributed by atoms with van der Waals surface area (Å²) in [6.07, 6.45) is 89.7. The zero-order chi connectivity index (χ0) is 57.8. The molecule has 0 saturated carbocycles. The lowest BCUT2D eigenvalue weighted by atomic mass is 10.0. The zero-order valence-corrected chi connectivity index (χ0v) is 54.1. The van der Waals surface area contributed by atoms with Crippen LogP contribution in [0.25, 0.3) is 0 Å². The largest absolute Gasteiger partial charge is 0.466 e. The van der Waals surface area contributed by atoms with Crippen LogP contribution in [0, 0.1) is 0 Å². The Kier molecular flexibility index (Phi) is 67.9. The molecule has 0 aromatic carbocycles. The first kappa shape index (κ1) is 78.1. The van der Waals surface area contributed by atoms with Crippen LogP contribution in [-0.4, -0.2) is 47.4 Å². The molecule has 0 rings (SSSR count). The Bertz CT molecular complexity index is 1300. The van der Waals surface area contributed by atoms with Crippen molar-refractivity contribution in [2.45, 2.75) is 411 Å². The van der Waals surface area contributed by atoms with Gasteiger partial charge in [0.05, 0.1) is 25.4 Å². The smallest absolute Gasteiger partial charge is 0.305 e. The third kappa shape index (κ3) is 65.2. The fourth-order valence-corrected chi connectivity index (χ4v) is 11.4. The molecular weight excluding hydrogens is 983 g/mol. The summed E-state index contributed by atoms with van der Waals surface area (Å²) in [5.74, 6) is -0.0429. The molecule has 2 unspecified atom stereocenters. The van der Waals surface area contributed by atoms with E-state index in [9.17, 15) is 19.8 Å². The van der Waals surface area contributed by atoms with E-state index in [4.69, 9.17) is 4.74 Å². The summed E-state index contributed by atoms with van der Waals surface area (Å²) in [5.41, 5.74) is 0. The number of amides is 1. The van der Waals surface area contributed by atoms with E-state index in [1.54, 1.807) is 6.08 Å². The van der Waals surface area contributed by atoms with E-state index in [1.807, 2.05) is 6.08 Å². The van der Waals surface area contributed by atoms with Crippen LogP contribution in [0.2, 0.25) is 0 Å². The number of hydrogen-bond acceptors (Lipinski definition) is 5. The van der Waals surface area contributed by atoms with Gasteiger partial charge < -0.3 is 20.3 Å². The fraction of sp³-hybridized carbons (Fsp3) is 0.892. The highest BCUT2D eigenvalue weighted by Gasteiger charge is 2.18. The van der Waals surface area contributed by atoms with Crippen LogP contribution in [-0.2, 0) is 14.3 Å². The van der Waals surface area contributed by atoms with E-state index in [0.29, 0.717) is 19.4 Å². The van der Waals surface area contributed by atoms with Crippen molar-refractivity contribution in [2.24, 2.45) is 0 Å². The molecule has 0 aliphatic heterocycles. The molecule has 0 radical (unpaired) electrons. The van der Waals surface area contributed by atoms with Crippen molar-refractivity contribution in [1.82, 2.24) is 5.32 Å². The van der Waals surface area contributed by atoms with E-state index in [-0.39, 0.29) is 18.5 Å². The molecule has 0 aromatic rings. The number of ether oxygens (including phenoxy) is 1. The Morgan fingerprint density at radius 1 is 0.350 bits per heavy atom. The average Bonchev–Trinajstić information content (AvgIpc) is 3.46. The first-order valence-electron chi connectivity index (χ1n) is 36.3. The molecule has 0 aromatic heterocycles. The van der Waals surface area contributed by atoms with Crippen LogP contribution in [0.1, 0.15) is 399 Å². The first-order chi connectivity index (χ1) is 39.5. The quantitative estimate of drug-likeness (QED) is 0.0320. The van der Waals surface area contributed by atoms with Crippen molar-refractivity contribution in [1.29, 1.82) is 0 Å². The average molecular weight is 1120 g/mol. The molecule has 472 valence electrons. The third-order valence-corrected chi connectivity index (χ3v) is 16.9. The Morgan fingerprint density at radius 2 is 0.625 bits per heavy atom. The van der Waals surface area contributed by atoms with Gasteiger partial charge in [0.25, 0.3) is 0 Å². The summed E-state index contributed by atoms with van der Waals surface area (Å²) in [6.45, 7) is 4.92. The van der Waals surface area contributed by atoms with Crippen LogP contribution < -0.4 is 5.32 Å². The van der Waals surface area contributed by atoms with Gasteiger partial charge in [0.15, 0.2) is 0 Å². The predicted octanol–water partition coefficient (Wildman–Crippen LogP) is 23.5. The lowest BCUT2D eigenvalue weighted by molar-refractivity contribution is -0.143. The maximum Gasteiger partial charge on any atom is 0.305 e. The standard InChI is InChI=1S/C74H141NO5/c1-3-5-7-9-11-13-15-46-50-54-58-62-66-72(77)71(70-76)75-73(78)67-63-59-55-51-47-44-42-40-38-36-34-32-30-28-26-24-22-20-18-17-19-21-23-25-27-29-31-33-35-37-39-41-43-45-49-53-57-61-65-69-80-74(79)68-64-60-56-52-48-16-14-12-10-8-6-4-2/h17-18,21,23,62,66,71-72,76-77H,3-16,19-20,22,24-61,63-65,67-70H2,1-2H3,(H,75,78)/b18-17-,23-21-,66-62+. The zero-order valence-electron chi connectivity index (χ0n) is 54.1. The van der Waals surface area contributed by atoms with E-state index >= 15 is 0 Å². The molecule has 0 aliphatic rings. The minimum atomic E-state index is -0.841. The normalized spacial score (nSPS) is 12.7. The molecule has 2 atom stereocenters. The van der Waals surface area contributed by atoms with Crippen molar-refractivity contribution in [3.63, 3.8) is 0 Å². The molecule has 0 saturated heterocycles. The van der Waals surface area contributed by atoms with Crippen molar-refractivity contribution < 1.29 is 24.5 Å². The van der Waals surface area contributed by atoms with Gasteiger partial charge in [0.2, 0.25) is 5.91 Å². The molecule has 80 heavy (non-hydrogen) atoms. The maximum absolute atomic E-state index is 12.5. The molecule has 0 bridgehead atoms. The lowest BCUT2D eigenvalue weighted by Crippen LogP contribution is -2.45. The summed E-state index contributed by atoms with van der Waals surface area (Å²) in [4.78, 5) is 24.5. The summed E-state index contributed by atoms with van der Waals surface area (Å²) in [6, 6.07) is -0.624. The molecule has 6 nitrogen and oxygen atoms in total. The van der Waals surface area contributed by atoms with E-state index < -0.39 is 12.1 Å². The highest BCUT2D eigenvalue weighted by molar-refractivity contribution is 5.76. The summed E-state index contributed by atoms with van der Waals surface area (Å²) < 4.78 is 5.48. The summed E-state index contributed by atoms with van der Waals surface area (Å²) >= 11 is 0. The second kappa shape index (κ2) is 69.6. The number of unbranched alkanes of at least 4 members (excludes halogenated alkanes) is 53. The topological polar surface area (TPSA) is 95.9 Å². The Morgan fingerprint density at radius 3 is 0.950 bits per heavy atom. The number of aliphatic hydroxyl groups excluding tert-OH is 2. The molecule has 6 heteroatoms. The van der Waals surface area contributed by atoms with Gasteiger partial charge in [-0.05, 0) is 64.2 Å². The van der Waals surface area contributed by atoms with Crippen molar-refractivity contribution in [3.05, 3.63) is 36.5 Å². The number of aliphatic hydroxyl groups is 2. The van der Waals surface area contributed by atoms with Gasteiger partial charge in [0, 0.05) is 12.8 Å². The molecule has 3 N–H and O–H groups in total. The van der Waals surface area contributed by atoms with Crippen LogP contribution in [0.5, 0.6) is 0 Å².